The van der Waals surface area contributed by atoms with E-state index in [1.54, 1.807) is 31.3 Å². The van der Waals surface area contributed by atoms with Gasteiger partial charge in [-0.05, 0) is 37.6 Å². The highest BCUT2D eigenvalue weighted by Crippen LogP contribution is 2.17. The normalized spacial score (nSPS) is 15.0. The molecule has 1 aliphatic heterocycles. The van der Waals surface area contributed by atoms with Crippen LogP contribution in [0.25, 0.3) is 0 Å². The van der Waals surface area contributed by atoms with Crippen LogP contribution in [-0.4, -0.2) is 52.7 Å². The molecule has 6 heteroatoms. The van der Waals surface area contributed by atoms with Gasteiger partial charge in [0, 0.05) is 52.0 Å². The Balaban J connectivity index is 0.00000243. The highest BCUT2D eigenvalue weighted by molar-refractivity contribution is 6.08. The molecule has 2 aromatic rings. The third-order valence-electron chi connectivity index (χ3n) is 4.48. The van der Waals surface area contributed by atoms with Crippen molar-refractivity contribution in [3.63, 3.8) is 0 Å². The first-order valence-electron chi connectivity index (χ1n) is 8.50. The fraction of sp³-hybridized carbons (Fsp3) is 0.368. The number of hydrogen-bond acceptors (Lipinski definition) is 5. The fourth-order valence-corrected chi connectivity index (χ4v) is 3.05. The average Bonchev–Trinajstić information content (AvgIpc) is 2.88. The van der Waals surface area contributed by atoms with Crippen molar-refractivity contribution in [1.82, 2.24) is 14.9 Å². The van der Waals surface area contributed by atoms with Gasteiger partial charge < -0.3 is 9.80 Å². The zero-order valence-electron chi connectivity index (χ0n) is 14.6. The van der Waals surface area contributed by atoms with Gasteiger partial charge in [0.2, 0.25) is 11.7 Å². The number of pyridine rings is 2. The number of ketones is 1. The van der Waals surface area contributed by atoms with Gasteiger partial charge in [-0.25, -0.2) is 4.98 Å². The summed E-state index contributed by atoms with van der Waals surface area (Å²) in [5, 5.41) is 0. The van der Waals surface area contributed by atoms with Crippen molar-refractivity contribution < 1.29 is 11.0 Å². The summed E-state index contributed by atoms with van der Waals surface area (Å²) in [5.41, 5.74) is 1.69. The number of hydrogen-bond donors (Lipinski definition) is 0. The molecule has 1 fully saturated rings. The molecule has 0 aromatic carbocycles. The first-order chi connectivity index (χ1) is 12.1. The maximum atomic E-state index is 12.7. The summed E-state index contributed by atoms with van der Waals surface area (Å²) in [6.45, 7) is 6.40. The van der Waals surface area contributed by atoms with Gasteiger partial charge in [0.05, 0.1) is 0 Å². The van der Waals surface area contributed by atoms with Gasteiger partial charge in [-0.1, -0.05) is 6.07 Å². The Morgan fingerprint density at radius 1 is 1.08 bits per heavy atom. The molecule has 1 saturated heterocycles. The van der Waals surface area contributed by atoms with Crippen LogP contribution in [-0.2, 0) is 4.79 Å². The summed E-state index contributed by atoms with van der Waals surface area (Å²) in [7, 11) is 0. The van der Waals surface area contributed by atoms with Crippen molar-refractivity contribution in [2.24, 2.45) is 0 Å². The van der Waals surface area contributed by atoms with Crippen molar-refractivity contribution in [1.29, 1.82) is 0 Å². The van der Waals surface area contributed by atoms with Gasteiger partial charge in [-0.2, -0.15) is 0 Å². The van der Waals surface area contributed by atoms with E-state index >= 15 is 0 Å². The van der Waals surface area contributed by atoms with Gasteiger partial charge in [-0.15, -0.1) is 0 Å². The summed E-state index contributed by atoms with van der Waals surface area (Å²) in [6, 6.07) is 9.04. The number of anilines is 1. The predicted octanol–water partition coefficient (Wildman–Crippen LogP) is 2.32. The molecule has 3 rings (SSSR count). The first kappa shape index (κ1) is 17.1. The van der Waals surface area contributed by atoms with E-state index in [9.17, 15) is 9.59 Å². The van der Waals surface area contributed by atoms with E-state index in [-0.39, 0.29) is 13.1 Å². The molecule has 2 aromatic heterocycles. The maximum Gasteiger partial charge on any atom is 0.219 e. The van der Waals surface area contributed by atoms with Crippen LogP contribution in [0.2, 0.25) is 0 Å². The lowest BCUT2D eigenvalue weighted by Crippen LogP contribution is -2.34. The molecular weight excluding hydrogens is 316 g/mol. The minimum Gasteiger partial charge on any atom is -0.355 e. The second-order valence-electron chi connectivity index (χ2n) is 6.19. The fourth-order valence-electron chi connectivity index (χ4n) is 3.05. The minimum atomic E-state index is -0.118. The molecule has 1 amide bonds. The third kappa shape index (κ3) is 3.84. The number of rotatable bonds is 3. The molecule has 1 aliphatic rings. The van der Waals surface area contributed by atoms with E-state index in [2.05, 4.69) is 14.9 Å². The standard InChI is InChI=1S/C19H22N4O2.H2/c1-14-16(6-4-9-20-14)19(25)17-7-3-8-18(21-17)23-11-5-10-22(12-13-23)15(2)24;/h3-4,6-9H,5,10-13H2,1-2H3;1H. The lowest BCUT2D eigenvalue weighted by atomic mass is 10.1. The number of aromatic nitrogens is 2. The van der Waals surface area contributed by atoms with Crippen LogP contribution in [0.5, 0.6) is 0 Å². The molecule has 0 spiro atoms. The Labute approximate surface area is 149 Å². The molecule has 0 saturated carbocycles. The number of carbonyl (C=O) groups is 2. The summed E-state index contributed by atoms with van der Waals surface area (Å²) >= 11 is 0. The Morgan fingerprint density at radius 3 is 2.68 bits per heavy atom. The van der Waals surface area contributed by atoms with Crippen molar-refractivity contribution in [2.75, 3.05) is 31.1 Å². The van der Waals surface area contributed by atoms with Crippen molar-refractivity contribution >= 4 is 17.5 Å². The maximum absolute atomic E-state index is 12.7. The Bertz CT molecular complexity index is 797. The van der Waals surface area contributed by atoms with Crippen molar-refractivity contribution in [3.05, 3.63) is 53.5 Å². The molecular formula is C19H24N4O2. The average molecular weight is 340 g/mol. The van der Waals surface area contributed by atoms with E-state index in [0.717, 1.165) is 31.9 Å². The van der Waals surface area contributed by atoms with Crippen LogP contribution in [0, 0.1) is 6.92 Å². The van der Waals surface area contributed by atoms with Crippen LogP contribution >= 0.6 is 0 Å². The van der Waals surface area contributed by atoms with E-state index in [1.165, 1.54) is 0 Å². The highest BCUT2D eigenvalue weighted by atomic mass is 16.2. The summed E-state index contributed by atoms with van der Waals surface area (Å²) in [4.78, 5) is 37.0. The van der Waals surface area contributed by atoms with Crippen LogP contribution in [0.15, 0.2) is 36.5 Å². The summed E-state index contributed by atoms with van der Waals surface area (Å²) < 4.78 is 0. The SMILES string of the molecule is CC(=O)N1CCCN(c2cccc(C(=O)c3cccnc3C)n2)CC1.[HH]. The molecule has 0 atom stereocenters. The zero-order chi connectivity index (χ0) is 17.8. The van der Waals surface area contributed by atoms with Gasteiger partial charge in [0.15, 0.2) is 0 Å². The quantitative estimate of drug-likeness (QED) is 0.802. The second-order valence-corrected chi connectivity index (χ2v) is 6.19. The molecule has 0 bridgehead atoms. The highest BCUT2D eigenvalue weighted by Gasteiger charge is 2.19. The number of amides is 1. The zero-order valence-corrected chi connectivity index (χ0v) is 14.6. The Hall–Kier alpha value is -2.76. The lowest BCUT2D eigenvalue weighted by Gasteiger charge is -2.22. The number of nitrogens with zero attached hydrogens (tertiary/aromatic N) is 4. The molecule has 0 aliphatic carbocycles. The predicted molar refractivity (Wildman–Crippen MR) is 97.8 cm³/mol. The lowest BCUT2D eigenvalue weighted by molar-refractivity contribution is -0.128. The van der Waals surface area contributed by atoms with Gasteiger partial charge in [-0.3, -0.25) is 14.6 Å². The molecule has 0 radical (unpaired) electrons. The Morgan fingerprint density at radius 2 is 1.92 bits per heavy atom. The Kier molecular flexibility index (Phi) is 5.07. The number of carbonyl (C=O) groups excluding carboxylic acids is 2. The molecule has 132 valence electrons. The topological polar surface area (TPSA) is 66.4 Å². The molecule has 3 heterocycles. The molecule has 25 heavy (non-hydrogen) atoms. The molecule has 0 N–H and O–H groups in total. The van der Waals surface area contributed by atoms with Crippen LogP contribution in [0.4, 0.5) is 5.82 Å². The van der Waals surface area contributed by atoms with Crippen LogP contribution in [0.1, 0.15) is 36.5 Å². The monoisotopic (exact) mass is 340 g/mol. The summed E-state index contributed by atoms with van der Waals surface area (Å²) in [5.74, 6) is 0.760. The van der Waals surface area contributed by atoms with E-state index in [0.29, 0.717) is 23.5 Å². The van der Waals surface area contributed by atoms with Crippen LogP contribution < -0.4 is 4.90 Å². The van der Waals surface area contributed by atoms with Gasteiger partial charge >= 0.3 is 0 Å². The molecule has 6 nitrogen and oxygen atoms in total. The minimum absolute atomic E-state index is 0. The largest absolute Gasteiger partial charge is 0.355 e. The smallest absolute Gasteiger partial charge is 0.219 e. The second kappa shape index (κ2) is 7.42. The summed E-state index contributed by atoms with van der Waals surface area (Å²) in [6.07, 6.45) is 2.56. The van der Waals surface area contributed by atoms with Gasteiger partial charge in [0.1, 0.15) is 11.5 Å². The van der Waals surface area contributed by atoms with Crippen molar-refractivity contribution in [2.45, 2.75) is 20.3 Å². The third-order valence-corrected chi connectivity index (χ3v) is 4.48. The first-order valence-corrected chi connectivity index (χ1v) is 8.50. The number of aryl methyl sites for hydroxylation is 1. The van der Waals surface area contributed by atoms with Gasteiger partial charge in [0.25, 0.3) is 0 Å². The van der Waals surface area contributed by atoms with E-state index < -0.39 is 0 Å². The van der Waals surface area contributed by atoms with Crippen LogP contribution in [0.3, 0.4) is 0 Å². The molecule has 0 unspecified atom stereocenters. The van der Waals surface area contributed by atoms with E-state index in [1.807, 2.05) is 24.0 Å². The van der Waals surface area contributed by atoms with Crippen molar-refractivity contribution in [3.8, 4) is 0 Å². The van der Waals surface area contributed by atoms with E-state index in [4.69, 9.17) is 0 Å².